The highest BCUT2D eigenvalue weighted by Crippen LogP contribution is 2.13. The Labute approximate surface area is 123 Å². The third-order valence-electron chi connectivity index (χ3n) is 2.99. The van der Waals surface area contributed by atoms with Crippen molar-refractivity contribution in [2.24, 2.45) is 0 Å². The third kappa shape index (κ3) is 5.64. The van der Waals surface area contributed by atoms with E-state index in [0.29, 0.717) is 32.1 Å². The number of sulfonamides is 1. The van der Waals surface area contributed by atoms with Gasteiger partial charge in [0.1, 0.15) is 5.82 Å². The molecule has 0 aromatic heterocycles. The SMILES string of the molecule is CCN(CCCNCc1cc(F)c(F)cc1F)S(C)(=O)=O. The highest BCUT2D eigenvalue weighted by atomic mass is 32.2. The van der Waals surface area contributed by atoms with Crippen LogP contribution < -0.4 is 5.32 Å². The molecule has 0 saturated carbocycles. The van der Waals surface area contributed by atoms with E-state index in [9.17, 15) is 21.6 Å². The Hall–Kier alpha value is -1.12. The first kappa shape index (κ1) is 17.9. The molecule has 4 nitrogen and oxygen atoms in total. The molecular formula is C13H19F3N2O2S. The van der Waals surface area contributed by atoms with E-state index < -0.39 is 27.5 Å². The molecule has 0 aliphatic heterocycles. The molecule has 0 bridgehead atoms. The summed E-state index contributed by atoms with van der Waals surface area (Å²) in [6, 6.07) is 1.32. The Bertz CT molecular complexity index is 579. The molecule has 120 valence electrons. The molecule has 0 saturated heterocycles. The Kier molecular flexibility index (Phi) is 6.63. The van der Waals surface area contributed by atoms with Gasteiger partial charge in [-0.1, -0.05) is 6.92 Å². The topological polar surface area (TPSA) is 49.4 Å². The zero-order chi connectivity index (χ0) is 16.0. The van der Waals surface area contributed by atoms with E-state index in [1.807, 2.05) is 0 Å². The summed E-state index contributed by atoms with van der Waals surface area (Å²) in [5, 5.41) is 2.87. The summed E-state index contributed by atoms with van der Waals surface area (Å²) in [6.45, 7) is 2.96. The lowest BCUT2D eigenvalue weighted by Gasteiger charge is -2.17. The van der Waals surface area contributed by atoms with Crippen molar-refractivity contribution in [3.05, 3.63) is 35.1 Å². The number of nitrogens with one attached hydrogen (secondary N) is 1. The lowest BCUT2D eigenvalue weighted by Crippen LogP contribution is -2.32. The van der Waals surface area contributed by atoms with Crippen molar-refractivity contribution in [3.8, 4) is 0 Å². The van der Waals surface area contributed by atoms with Crippen molar-refractivity contribution < 1.29 is 21.6 Å². The molecule has 1 aromatic carbocycles. The molecule has 0 spiro atoms. The van der Waals surface area contributed by atoms with Gasteiger partial charge in [0, 0.05) is 31.3 Å². The van der Waals surface area contributed by atoms with Crippen LogP contribution in [0.15, 0.2) is 12.1 Å². The summed E-state index contributed by atoms with van der Waals surface area (Å²) in [7, 11) is -3.22. The van der Waals surface area contributed by atoms with Crippen molar-refractivity contribution in [3.63, 3.8) is 0 Å². The zero-order valence-electron chi connectivity index (χ0n) is 12.0. The monoisotopic (exact) mass is 324 g/mol. The van der Waals surface area contributed by atoms with E-state index in [4.69, 9.17) is 0 Å². The first-order valence-corrected chi connectivity index (χ1v) is 8.39. The van der Waals surface area contributed by atoms with Crippen LogP contribution in [0.2, 0.25) is 0 Å². The van der Waals surface area contributed by atoms with E-state index in [-0.39, 0.29) is 12.1 Å². The van der Waals surface area contributed by atoms with E-state index in [1.165, 1.54) is 4.31 Å². The second-order valence-electron chi connectivity index (χ2n) is 4.64. The lowest BCUT2D eigenvalue weighted by atomic mass is 10.2. The van der Waals surface area contributed by atoms with E-state index >= 15 is 0 Å². The van der Waals surface area contributed by atoms with Crippen LogP contribution in [0.4, 0.5) is 13.2 Å². The predicted molar refractivity (Wildman–Crippen MR) is 74.7 cm³/mol. The van der Waals surface area contributed by atoms with Crippen LogP contribution in [0, 0.1) is 17.5 Å². The van der Waals surface area contributed by atoms with Crippen molar-refractivity contribution >= 4 is 10.0 Å². The third-order valence-corrected chi connectivity index (χ3v) is 4.37. The highest BCUT2D eigenvalue weighted by molar-refractivity contribution is 7.88. The fourth-order valence-electron chi connectivity index (χ4n) is 1.86. The minimum absolute atomic E-state index is 0.0318. The quantitative estimate of drug-likeness (QED) is 0.587. The van der Waals surface area contributed by atoms with Gasteiger partial charge in [-0.15, -0.1) is 0 Å². The molecule has 0 unspecified atom stereocenters. The summed E-state index contributed by atoms with van der Waals surface area (Å²) >= 11 is 0. The van der Waals surface area contributed by atoms with Crippen LogP contribution in [-0.2, 0) is 16.6 Å². The Morgan fingerprint density at radius 3 is 2.33 bits per heavy atom. The fourth-order valence-corrected chi connectivity index (χ4v) is 2.79. The molecule has 0 amide bonds. The minimum atomic E-state index is -3.22. The molecular weight excluding hydrogens is 305 g/mol. The number of rotatable bonds is 8. The van der Waals surface area contributed by atoms with Crippen molar-refractivity contribution in [1.29, 1.82) is 0 Å². The average molecular weight is 324 g/mol. The number of halogens is 3. The van der Waals surface area contributed by atoms with Crippen LogP contribution in [0.3, 0.4) is 0 Å². The van der Waals surface area contributed by atoms with Gasteiger partial charge in [-0.05, 0) is 19.0 Å². The minimum Gasteiger partial charge on any atom is -0.313 e. The van der Waals surface area contributed by atoms with Gasteiger partial charge in [0.15, 0.2) is 11.6 Å². The van der Waals surface area contributed by atoms with Gasteiger partial charge in [-0.3, -0.25) is 0 Å². The van der Waals surface area contributed by atoms with Gasteiger partial charge in [0.25, 0.3) is 0 Å². The first-order valence-electron chi connectivity index (χ1n) is 6.55. The molecule has 1 aromatic rings. The maximum absolute atomic E-state index is 13.3. The van der Waals surface area contributed by atoms with Gasteiger partial charge in [-0.2, -0.15) is 0 Å². The summed E-state index contributed by atoms with van der Waals surface area (Å²) < 4.78 is 63.1. The summed E-state index contributed by atoms with van der Waals surface area (Å²) in [4.78, 5) is 0. The molecule has 0 fully saturated rings. The van der Waals surface area contributed by atoms with Gasteiger partial charge < -0.3 is 5.32 Å². The standard InChI is InChI=1S/C13H19F3N2O2S/c1-3-18(21(2,19)20)6-4-5-17-9-10-7-12(15)13(16)8-11(10)14/h7-8,17H,3-6,9H2,1-2H3. The average Bonchev–Trinajstić information content (AvgIpc) is 2.37. The summed E-state index contributed by atoms with van der Waals surface area (Å²) in [5.74, 6) is -3.13. The highest BCUT2D eigenvalue weighted by Gasteiger charge is 2.13. The summed E-state index contributed by atoms with van der Waals surface area (Å²) in [6.07, 6.45) is 1.67. The van der Waals surface area contributed by atoms with Gasteiger partial charge in [-0.25, -0.2) is 25.9 Å². The van der Waals surface area contributed by atoms with E-state index in [2.05, 4.69) is 5.32 Å². The van der Waals surface area contributed by atoms with Crippen molar-refractivity contribution in [1.82, 2.24) is 9.62 Å². The number of benzene rings is 1. The molecule has 0 heterocycles. The number of hydrogen-bond donors (Lipinski definition) is 1. The Morgan fingerprint density at radius 1 is 1.14 bits per heavy atom. The fraction of sp³-hybridized carbons (Fsp3) is 0.538. The maximum atomic E-state index is 13.3. The molecule has 1 N–H and O–H groups in total. The molecule has 1 rings (SSSR count). The summed E-state index contributed by atoms with van der Waals surface area (Å²) in [5.41, 5.74) is 0.0318. The van der Waals surface area contributed by atoms with E-state index in [0.717, 1.165) is 12.3 Å². The van der Waals surface area contributed by atoms with Crippen LogP contribution in [0.25, 0.3) is 0 Å². The van der Waals surface area contributed by atoms with Gasteiger partial charge in [0.2, 0.25) is 10.0 Å². The normalized spacial score (nSPS) is 12.1. The van der Waals surface area contributed by atoms with Crippen molar-refractivity contribution in [2.45, 2.75) is 19.9 Å². The maximum Gasteiger partial charge on any atom is 0.211 e. The number of nitrogens with zero attached hydrogens (tertiary/aromatic N) is 1. The Balaban J connectivity index is 2.40. The smallest absolute Gasteiger partial charge is 0.211 e. The second kappa shape index (κ2) is 7.77. The largest absolute Gasteiger partial charge is 0.313 e. The van der Waals surface area contributed by atoms with E-state index in [1.54, 1.807) is 6.92 Å². The molecule has 0 aliphatic rings. The zero-order valence-corrected chi connectivity index (χ0v) is 12.8. The second-order valence-corrected chi connectivity index (χ2v) is 6.63. The van der Waals surface area contributed by atoms with Crippen LogP contribution in [0.1, 0.15) is 18.9 Å². The Morgan fingerprint density at radius 2 is 1.76 bits per heavy atom. The predicted octanol–water partition coefficient (Wildman–Crippen LogP) is 1.87. The van der Waals surface area contributed by atoms with Crippen LogP contribution in [0.5, 0.6) is 0 Å². The molecule has 21 heavy (non-hydrogen) atoms. The lowest BCUT2D eigenvalue weighted by molar-refractivity contribution is 0.418. The molecule has 0 atom stereocenters. The molecule has 0 radical (unpaired) electrons. The first-order chi connectivity index (χ1) is 9.75. The van der Waals surface area contributed by atoms with Crippen LogP contribution in [-0.4, -0.2) is 38.6 Å². The molecule has 8 heteroatoms. The molecule has 0 aliphatic carbocycles. The number of hydrogen-bond acceptors (Lipinski definition) is 3. The van der Waals surface area contributed by atoms with Crippen LogP contribution >= 0.6 is 0 Å². The van der Waals surface area contributed by atoms with Crippen molar-refractivity contribution in [2.75, 3.05) is 25.9 Å². The van der Waals surface area contributed by atoms with Gasteiger partial charge >= 0.3 is 0 Å². The van der Waals surface area contributed by atoms with Gasteiger partial charge in [0.05, 0.1) is 6.26 Å².